The molecule has 0 heterocycles. The Kier molecular flexibility index (Phi) is 3.44. The molecule has 0 radical (unpaired) electrons. The van der Waals surface area contributed by atoms with Gasteiger partial charge in [-0.1, -0.05) is 0 Å². The molecule has 12 heavy (non-hydrogen) atoms. The highest BCUT2D eigenvalue weighted by atomic mass is 19.1. The molecule has 0 saturated heterocycles. The average molecular weight is 172 g/mol. The molecule has 68 valence electrons. The molecule has 1 rings (SSSR count). The Hall–Kier alpha value is -0.670. The maximum absolute atomic E-state index is 12.9. The van der Waals surface area contributed by atoms with Crippen LogP contribution in [0, 0.1) is 0 Å². The smallest absolute Gasteiger partial charge is 0.103 e. The summed E-state index contributed by atoms with van der Waals surface area (Å²) >= 11 is 0. The zero-order chi connectivity index (χ0) is 8.97. The average Bonchev–Trinajstić information content (AvgIpc) is 2.04. The van der Waals surface area contributed by atoms with E-state index < -0.39 is 0 Å². The van der Waals surface area contributed by atoms with E-state index >= 15 is 0 Å². The van der Waals surface area contributed by atoms with Crippen molar-refractivity contribution in [1.82, 2.24) is 0 Å². The number of methoxy groups -OCH3 is 2. The van der Waals surface area contributed by atoms with Crippen molar-refractivity contribution in [2.45, 2.75) is 12.5 Å². The molecule has 0 bridgehead atoms. The third-order valence-electron chi connectivity index (χ3n) is 1.75. The molecule has 0 aliphatic heterocycles. The van der Waals surface area contributed by atoms with Gasteiger partial charge in [0.25, 0.3) is 0 Å². The predicted molar refractivity (Wildman–Crippen MR) is 44.6 cm³/mol. The summed E-state index contributed by atoms with van der Waals surface area (Å²) in [5.41, 5.74) is 0.841. The van der Waals surface area contributed by atoms with Crippen molar-refractivity contribution in [3.8, 4) is 0 Å². The van der Waals surface area contributed by atoms with Crippen LogP contribution >= 0.6 is 0 Å². The van der Waals surface area contributed by atoms with Crippen molar-refractivity contribution in [3.63, 3.8) is 0 Å². The van der Waals surface area contributed by atoms with Crippen molar-refractivity contribution in [1.29, 1.82) is 0 Å². The highest BCUT2D eigenvalue weighted by Crippen LogP contribution is 2.20. The second-order valence-electron chi connectivity index (χ2n) is 2.74. The summed E-state index contributed by atoms with van der Waals surface area (Å²) in [7, 11) is 3.16. The maximum Gasteiger partial charge on any atom is 0.103 e. The number of halogens is 1. The molecule has 0 spiro atoms. The third kappa shape index (κ3) is 2.43. The van der Waals surface area contributed by atoms with Gasteiger partial charge in [0.15, 0.2) is 0 Å². The quantitative estimate of drug-likeness (QED) is 0.646. The lowest BCUT2D eigenvalue weighted by atomic mass is 10.0. The summed E-state index contributed by atoms with van der Waals surface area (Å²) in [5.74, 6) is -0.142. The van der Waals surface area contributed by atoms with Crippen LogP contribution in [0.25, 0.3) is 0 Å². The minimum absolute atomic E-state index is 0.139. The molecule has 0 aromatic heterocycles. The van der Waals surface area contributed by atoms with Gasteiger partial charge >= 0.3 is 0 Å². The number of hydrogen-bond donors (Lipinski definition) is 0. The van der Waals surface area contributed by atoms with Gasteiger partial charge in [-0.2, -0.15) is 0 Å². The topological polar surface area (TPSA) is 18.5 Å². The van der Waals surface area contributed by atoms with Crippen LogP contribution in [0.3, 0.4) is 0 Å². The second kappa shape index (κ2) is 4.38. The molecule has 1 aliphatic carbocycles. The molecule has 0 amide bonds. The fraction of sp³-hybridized carbons (Fsp3) is 0.556. The standard InChI is InChI=1S/C9H13FO2/c1-11-6-7-3-8(10)5-9(4-7)12-2/h3-4,9H,5-6H2,1-2H3. The highest BCUT2D eigenvalue weighted by Gasteiger charge is 2.13. The van der Waals surface area contributed by atoms with Crippen LogP contribution in [0.5, 0.6) is 0 Å². The molecule has 0 N–H and O–H groups in total. The van der Waals surface area contributed by atoms with Crippen molar-refractivity contribution in [3.05, 3.63) is 23.6 Å². The summed E-state index contributed by atoms with van der Waals surface area (Å²) in [5, 5.41) is 0. The molecule has 1 unspecified atom stereocenters. The van der Waals surface area contributed by atoms with Crippen molar-refractivity contribution < 1.29 is 13.9 Å². The van der Waals surface area contributed by atoms with Crippen molar-refractivity contribution in [2.24, 2.45) is 0 Å². The molecular weight excluding hydrogens is 159 g/mol. The third-order valence-corrected chi connectivity index (χ3v) is 1.75. The monoisotopic (exact) mass is 172 g/mol. The van der Waals surface area contributed by atoms with E-state index in [9.17, 15) is 4.39 Å². The SMILES string of the molecule is COCC1=CC(OC)CC(F)=C1. The van der Waals surface area contributed by atoms with Crippen LogP contribution in [-0.4, -0.2) is 26.9 Å². The lowest BCUT2D eigenvalue weighted by molar-refractivity contribution is 0.132. The molecule has 3 heteroatoms. The molecule has 0 saturated carbocycles. The van der Waals surface area contributed by atoms with Crippen LogP contribution in [0.2, 0.25) is 0 Å². The molecule has 1 aliphatic rings. The van der Waals surface area contributed by atoms with Crippen molar-refractivity contribution >= 4 is 0 Å². The zero-order valence-electron chi connectivity index (χ0n) is 7.34. The Bertz CT molecular complexity index is 209. The van der Waals surface area contributed by atoms with E-state index in [1.54, 1.807) is 14.2 Å². The normalized spacial score (nSPS) is 23.4. The van der Waals surface area contributed by atoms with Crippen molar-refractivity contribution in [2.75, 3.05) is 20.8 Å². The van der Waals surface area contributed by atoms with E-state index in [4.69, 9.17) is 9.47 Å². The van der Waals surface area contributed by atoms with E-state index in [0.29, 0.717) is 13.0 Å². The Morgan fingerprint density at radius 2 is 2.33 bits per heavy atom. The van der Waals surface area contributed by atoms with E-state index in [1.165, 1.54) is 6.08 Å². The van der Waals surface area contributed by atoms with Gasteiger partial charge in [-0.3, -0.25) is 0 Å². The molecule has 0 aromatic rings. The van der Waals surface area contributed by atoms with E-state index in [0.717, 1.165) is 5.57 Å². The number of ether oxygens (including phenoxy) is 2. The Morgan fingerprint density at radius 1 is 1.58 bits per heavy atom. The highest BCUT2D eigenvalue weighted by molar-refractivity contribution is 5.27. The number of rotatable bonds is 3. The van der Waals surface area contributed by atoms with Gasteiger partial charge in [-0.15, -0.1) is 0 Å². The fourth-order valence-corrected chi connectivity index (χ4v) is 1.21. The van der Waals surface area contributed by atoms with Gasteiger partial charge in [0.2, 0.25) is 0 Å². The largest absolute Gasteiger partial charge is 0.380 e. The maximum atomic E-state index is 12.9. The molecule has 2 nitrogen and oxygen atoms in total. The first-order valence-corrected chi connectivity index (χ1v) is 3.84. The van der Waals surface area contributed by atoms with Crippen LogP contribution in [0.15, 0.2) is 23.6 Å². The first-order valence-electron chi connectivity index (χ1n) is 3.84. The van der Waals surface area contributed by atoms with E-state index in [-0.39, 0.29) is 11.9 Å². The Labute approximate surface area is 71.7 Å². The zero-order valence-corrected chi connectivity index (χ0v) is 7.34. The van der Waals surface area contributed by atoms with E-state index in [1.807, 2.05) is 6.08 Å². The summed E-state index contributed by atoms with van der Waals surface area (Å²) < 4.78 is 22.8. The van der Waals surface area contributed by atoms with Gasteiger partial charge in [0.1, 0.15) is 5.83 Å². The minimum atomic E-state index is -0.142. The molecule has 1 atom stereocenters. The number of hydrogen-bond acceptors (Lipinski definition) is 2. The summed E-state index contributed by atoms with van der Waals surface area (Å²) in [6.45, 7) is 0.438. The fourth-order valence-electron chi connectivity index (χ4n) is 1.21. The van der Waals surface area contributed by atoms with Gasteiger partial charge < -0.3 is 9.47 Å². The lowest BCUT2D eigenvalue weighted by Crippen LogP contribution is -2.12. The second-order valence-corrected chi connectivity index (χ2v) is 2.74. The Balaban J connectivity index is 2.63. The molecular formula is C9H13FO2. The predicted octanol–water partition coefficient (Wildman–Crippen LogP) is 1.83. The van der Waals surface area contributed by atoms with Gasteiger partial charge in [0.05, 0.1) is 12.7 Å². The van der Waals surface area contributed by atoms with Crippen LogP contribution in [0.1, 0.15) is 6.42 Å². The lowest BCUT2D eigenvalue weighted by Gasteiger charge is -2.16. The summed E-state index contributed by atoms with van der Waals surface area (Å²) in [6.07, 6.45) is 3.58. The van der Waals surface area contributed by atoms with E-state index in [2.05, 4.69) is 0 Å². The Morgan fingerprint density at radius 3 is 2.92 bits per heavy atom. The minimum Gasteiger partial charge on any atom is -0.380 e. The van der Waals surface area contributed by atoms with Crippen LogP contribution < -0.4 is 0 Å². The van der Waals surface area contributed by atoms with Crippen LogP contribution in [0.4, 0.5) is 4.39 Å². The summed E-state index contributed by atoms with van der Waals surface area (Å²) in [6, 6.07) is 0. The first kappa shape index (κ1) is 9.42. The molecule has 0 fully saturated rings. The summed E-state index contributed by atoms with van der Waals surface area (Å²) in [4.78, 5) is 0. The van der Waals surface area contributed by atoms with Gasteiger partial charge in [0, 0.05) is 20.6 Å². The van der Waals surface area contributed by atoms with Gasteiger partial charge in [-0.05, 0) is 17.7 Å². The first-order chi connectivity index (χ1) is 5.76. The van der Waals surface area contributed by atoms with Crippen LogP contribution in [-0.2, 0) is 9.47 Å². The van der Waals surface area contributed by atoms with Gasteiger partial charge in [-0.25, -0.2) is 4.39 Å². The molecule has 0 aromatic carbocycles.